The van der Waals surface area contributed by atoms with Gasteiger partial charge in [0.15, 0.2) is 0 Å². The van der Waals surface area contributed by atoms with Gasteiger partial charge in [-0.1, -0.05) is 24.3 Å². The van der Waals surface area contributed by atoms with Crippen LogP contribution in [0.4, 0.5) is 0 Å². The van der Waals surface area contributed by atoms with Crippen LogP contribution in [0.2, 0.25) is 0 Å². The Bertz CT molecular complexity index is 322. The Morgan fingerprint density at radius 3 is 2.69 bits per heavy atom. The van der Waals surface area contributed by atoms with Gasteiger partial charge in [-0.2, -0.15) is 0 Å². The summed E-state index contributed by atoms with van der Waals surface area (Å²) < 4.78 is 4.29. The summed E-state index contributed by atoms with van der Waals surface area (Å²) in [6, 6.07) is 0. The lowest BCUT2D eigenvalue weighted by Crippen LogP contribution is -2.23. The predicted molar refractivity (Wildman–Crippen MR) is 52.0 cm³/mol. The molecule has 2 heteroatoms. The molecule has 0 aromatic carbocycles. The Balaban J connectivity index is 1.86. The standard InChI is InChI=1S/C11H15N2/c1-12-8-9-13(10-12)7-6-11-4-2-3-5-11/h2-5,8-11H,6-7H2,1H3/q+1. The molecule has 1 aliphatic rings. The van der Waals surface area contributed by atoms with Gasteiger partial charge in [0.2, 0.25) is 6.33 Å². The number of aromatic nitrogens is 2. The zero-order chi connectivity index (χ0) is 9.10. The lowest BCUT2D eigenvalue weighted by molar-refractivity contribution is -0.671. The molecule has 1 aliphatic carbocycles. The number of rotatable bonds is 3. The normalized spacial score (nSPS) is 15.8. The van der Waals surface area contributed by atoms with Crippen LogP contribution in [0.3, 0.4) is 0 Å². The van der Waals surface area contributed by atoms with Gasteiger partial charge in [-0.3, -0.25) is 0 Å². The predicted octanol–water partition coefficient (Wildman–Crippen LogP) is 1.44. The van der Waals surface area contributed by atoms with E-state index in [-0.39, 0.29) is 0 Å². The van der Waals surface area contributed by atoms with Gasteiger partial charge in [0.25, 0.3) is 0 Å². The van der Waals surface area contributed by atoms with Crippen LogP contribution in [0.15, 0.2) is 43.0 Å². The van der Waals surface area contributed by atoms with E-state index in [1.165, 1.54) is 6.42 Å². The molecule has 0 unspecified atom stereocenters. The summed E-state index contributed by atoms with van der Waals surface area (Å²) in [5.74, 6) is 0.646. The second kappa shape index (κ2) is 3.60. The minimum Gasteiger partial charge on any atom is -0.240 e. The van der Waals surface area contributed by atoms with E-state index in [4.69, 9.17) is 0 Å². The van der Waals surface area contributed by atoms with Gasteiger partial charge >= 0.3 is 0 Å². The number of allylic oxidation sites excluding steroid dienone is 4. The molecular formula is C11H15N2+. The fourth-order valence-corrected chi connectivity index (χ4v) is 1.60. The summed E-state index contributed by atoms with van der Waals surface area (Å²) in [5.41, 5.74) is 0. The third-order valence-corrected chi connectivity index (χ3v) is 2.37. The van der Waals surface area contributed by atoms with Gasteiger partial charge in [0.1, 0.15) is 12.4 Å². The molecule has 1 aromatic heterocycles. The van der Waals surface area contributed by atoms with Crippen molar-refractivity contribution in [3.05, 3.63) is 43.0 Å². The Hall–Kier alpha value is -1.31. The maximum absolute atomic E-state index is 2.25. The van der Waals surface area contributed by atoms with E-state index in [1.54, 1.807) is 0 Å². The molecule has 2 rings (SSSR count). The highest BCUT2D eigenvalue weighted by molar-refractivity contribution is 5.17. The van der Waals surface area contributed by atoms with E-state index < -0.39 is 0 Å². The van der Waals surface area contributed by atoms with Crippen LogP contribution in [0.25, 0.3) is 0 Å². The Morgan fingerprint density at radius 2 is 2.08 bits per heavy atom. The SMILES string of the molecule is C[n+]1ccn(CCC2C=CC=C2)c1. The average molecular weight is 175 g/mol. The molecule has 0 spiro atoms. The first-order chi connectivity index (χ1) is 6.34. The van der Waals surface area contributed by atoms with Crippen molar-refractivity contribution in [2.24, 2.45) is 13.0 Å². The van der Waals surface area contributed by atoms with Crippen LogP contribution < -0.4 is 4.57 Å². The van der Waals surface area contributed by atoms with Crippen LogP contribution in [0.5, 0.6) is 0 Å². The first kappa shape index (κ1) is 8.30. The van der Waals surface area contributed by atoms with E-state index in [9.17, 15) is 0 Å². The zero-order valence-electron chi connectivity index (χ0n) is 7.93. The quantitative estimate of drug-likeness (QED) is 0.615. The summed E-state index contributed by atoms with van der Waals surface area (Å²) in [7, 11) is 2.05. The zero-order valence-corrected chi connectivity index (χ0v) is 7.93. The van der Waals surface area contributed by atoms with E-state index >= 15 is 0 Å². The molecule has 1 aromatic rings. The van der Waals surface area contributed by atoms with Crippen molar-refractivity contribution >= 4 is 0 Å². The fourth-order valence-electron chi connectivity index (χ4n) is 1.60. The molecule has 0 aliphatic heterocycles. The summed E-state index contributed by atoms with van der Waals surface area (Å²) in [6.45, 7) is 1.10. The third kappa shape index (κ3) is 2.08. The molecule has 1 heterocycles. The van der Waals surface area contributed by atoms with Crippen LogP contribution in [-0.2, 0) is 13.6 Å². The molecule has 0 bridgehead atoms. The van der Waals surface area contributed by atoms with E-state index in [2.05, 4.69) is 52.2 Å². The minimum absolute atomic E-state index is 0.646. The maximum Gasteiger partial charge on any atom is 0.243 e. The number of hydrogen-bond acceptors (Lipinski definition) is 0. The molecular weight excluding hydrogens is 160 g/mol. The Kier molecular flexibility index (Phi) is 2.30. The van der Waals surface area contributed by atoms with Crippen molar-refractivity contribution in [3.63, 3.8) is 0 Å². The van der Waals surface area contributed by atoms with E-state index in [0.717, 1.165) is 6.54 Å². The first-order valence-corrected chi connectivity index (χ1v) is 4.70. The van der Waals surface area contributed by atoms with Gasteiger partial charge in [-0.25, -0.2) is 9.13 Å². The highest BCUT2D eigenvalue weighted by Gasteiger charge is 2.06. The van der Waals surface area contributed by atoms with Crippen molar-refractivity contribution in [1.29, 1.82) is 0 Å². The van der Waals surface area contributed by atoms with Crippen LogP contribution >= 0.6 is 0 Å². The molecule has 0 radical (unpaired) electrons. The average Bonchev–Trinajstić information content (AvgIpc) is 2.71. The molecule has 68 valence electrons. The second-order valence-electron chi connectivity index (χ2n) is 3.54. The topological polar surface area (TPSA) is 8.81 Å². The highest BCUT2D eigenvalue weighted by atomic mass is 15.1. The second-order valence-corrected chi connectivity index (χ2v) is 3.54. The summed E-state index contributed by atoms with van der Waals surface area (Å²) in [5, 5.41) is 0. The van der Waals surface area contributed by atoms with Crippen molar-refractivity contribution in [2.45, 2.75) is 13.0 Å². The van der Waals surface area contributed by atoms with Crippen molar-refractivity contribution in [1.82, 2.24) is 4.57 Å². The monoisotopic (exact) mass is 175 g/mol. The van der Waals surface area contributed by atoms with Crippen LogP contribution in [0.1, 0.15) is 6.42 Å². The van der Waals surface area contributed by atoms with Gasteiger partial charge in [0, 0.05) is 0 Å². The van der Waals surface area contributed by atoms with E-state index in [0.29, 0.717) is 5.92 Å². The molecule has 0 N–H and O–H groups in total. The molecule has 2 nitrogen and oxygen atoms in total. The lowest BCUT2D eigenvalue weighted by Gasteiger charge is -2.01. The minimum atomic E-state index is 0.646. The summed E-state index contributed by atoms with van der Waals surface area (Å²) in [6.07, 6.45) is 16.3. The Labute approximate surface area is 78.8 Å². The van der Waals surface area contributed by atoms with E-state index in [1.807, 2.05) is 7.05 Å². The fraction of sp³-hybridized carbons (Fsp3) is 0.364. The smallest absolute Gasteiger partial charge is 0.240 e. The molecule has 0 saturated heterocycles. The van der Waals surface area contributed by atoms with Crippen LogP contribution in [0, 0.1) is 5.92 Å². The molecule has 13 heavy (non-hydrogen) atoms. The number of nitrogens with zero attached hydrogens (tertiary/aromatic N) is 2. The molecule has 0 atom stereocenters. The number of imidazole rings is 1. The van der Waals surface area contributed by atoms with Gasteiger partial charge < -0.3 is 0 Å². The van der Waals surface area contributed by atoms with Crippen molar-refractivity contribution in [3.8, 4) is 0 Å². The summed E-state index contributed by atoms with van der Waals surface area (Å²) in [4.78, 5) is 0. The molecule has 0 fully saturated rings. The van der Waals surface area contributed by atoms with Gasteiger partial charge in [-0.05, 0) is 12.3 Å². The Morgan fingerprint density at radius 1 is 1.31 bits per heavy atom. The lowest BCUT2D eigenvalue weighted by atomic mass is 10.1. The first-order valence-electron chi connectivity index (χ1n) is 4.70. The third-order valence-electron chi connectivity index (χ3n) is 2.37. The van der Waals surface area contributed by atoms with Gasteiger partial charge in [-0.15, -0.1) is 0 Å². The number of aryl methyl sites for hydroxylation is 2. The van der Waals surface area contributed by atoms with Crippen molar-refractivity contribution < 1.29 is 4.57 Å². The number of hydrogen-bond donors (Lipinski definition) is 0. The summed E-state index contributed by atoms with van der Waals surface area (Å²) >= 11 is 0. The van der Waals surface area contributed by atoms with Gasteiger partial charge in [0.05, 0.1) is 13.6 Å². The molecule has 0 amide bonds. The maximum atomic E-state index is 2.25. The largest absolute Gasteiger partial charge is 0.243 e. The highest BCUT2D eigenvalue weighted by Crippen LogP contribution is 2.13. The molecule has 0 saturated carbocycles. The van der Waals surface area contributed by atoms with Crippen LogP contribution in [-0.4, -0.2) is 4.57 Å². The van der Waals surface area contributed by atoms with Crippen molar-refractivity contribution in [2.75, 3.05) is 0 Å².